The van der Waals surface area contributed by atoms with Gasteiger partial charge in [0, 0.05) is 6.20 Å². The molecular formula is C5H7N3O. The maximum atomic E-state index is 8.25. The van der Waals surface area contributed by atoms with Crippen LogP contribution in [0.15, 0.2) is 17.4 Å². The van der Waals surface area contributed by atoms with Crippen molar-refractivity contribution >= 4 is 5.71 Å². The highest BCUT2D eigenvalue weighted by Gasteiger charge is 1.95. The molecule has 0 aromatic carbocycles. The van der Waals surface area contributed by atoms with Gasteiger partial charge in [0.25, 0.3) is 0 Å². The summed E-state index contributed by atoms with van der Waals surface area (Å²) in [5.41, 5.74) is 1.27. The van der Waals surface area contributed by atoms with Gasteiger partial charge in [-0.15, -0.1) is 0 Å². The van der Waals surface area contributed by atoms with Crippen LogP contribution in [0.4, 0.5) is 0 Å². The lowest BCUT2D eigenvalue weighted by molar-refractivity contribution is 0.319. The zero-order valence-electron chi connectivity index (χ0n) is 5.00. The van der Waals surface area contributed by atoms with Crippen molar-refractivity contribution in [3.05, 3.63) is 18.0 Å². The molecule has 1 aromatic rings. The zero-order chi connectivity index (χ0) is 6.69. The normalized spacial score (nSPS) is 11.9. The van der Waals surface area contributed by atoms with Gasteiger partial charge in [-0.25, -0.2) is 0 Å². The lowest BCUT2D eigenvalue weighted by atomic mass is 10.3. The Hall–Kier alpha value is -1.32. The predicted octanol–water partition coefficient (Wildman–Crippen LogP) is 0.608. The Bertz CT molecular complexity index is 202. The fourth-order valence-corrected chi connectivity index (χ4v) is 0.511. The monoisotopic (exact) mass is 125 g/mol. The lowest BCUT2D eigenvalue weighted by Gasteiger charge is -1.87. The molecule has 4 nitrogen and oxygen atoms in total. The Morgan fingerprint density at radius 2 is 2.67 bits per heavy atom. The molecule has 0 atom stereocenters. The number of nitrogens with zero attached hydrogens (tertiary/aromatic N) is 2. The van der Waals surface area contributed by atoms with Crippen molar-refractivity contribution in [2.45, 2.75) is 6.92 Å². The molecule has 4 heteroatoms. The maximum Gasteiger partial charge on any atom is 0.101 e. The molecule has 0 saturated carbocycles. The molecule has 2 N–H and O–H groups in total. The number of aromatic nitrogens is 2. The third-order valence-electron chi connectivity index (χ3n) is 1.04. The maximum absolute atomic E-state index is 8.25. The van der Waals surface area contributed by atoms with Crippen molar-refractivity contribution in [1.82, 2.24) is 10.2 Å². The van der Waals surface area contributed by atoms with E-state index in [0.29, 0.717) is 5.71 Å². The number of rotatable bonds is 1. The molecule has 0 unspecified atom stereocenters. The molecular weight excluding hydrogens is 118 g/mol. The summed E-state index contributed by atoms with van der Waals surface area (Å²) in [6.45, 7) is 1.69. The molecule has 0 fully saturated rings. The first-order valence-corrected chi connectivity index (χ1v) is 2.53. The second-order valence-corrected chi connectivity index (χ2v) is 1.66. The Balaban J connectivity index is 2.90. The molecule has 0 aliphatic carbocycles. The van der Waals surface area contributed by atoms with Crippen molar-refractivity contribution in [2.75, 3.05) is 0 Å². The van der Waals surface area contributed by atoms with Crippen LogP contribution in [-0.4, -0.2) is 21.1 Å². The Morgan fingerprint density at radius 1 is 1.89 bits per heavy atom. The largest absolute Gasteiger partial charge is 0.411 e. The van der Waals surface area contributed by atoms with Crippen LogP contribution in [0.3, 0.4) is 0 Å². The van der Waals surface area contributed by atoms with Crippen LogP contribution in [0, 0.1) is 0 Å². The standard InChI is InChI=1S/C5H7N3O/c1-4(8-9)5-2-3-6-7-5/h2-3,9H,1H3,(H,6,7)/b8-4+. The predicted molar refractivity (Wildman–Crippen MR) is 32.6 cm³/mol. The number of aromatic amines is 1. The third kappa shape index (κ3) is 1.07. The minimum atomic E-state index is 0.535. The van der Waals surface area contributed by atoms with E-state index in [9.17, 15) is 0 Å². The van der Waals surface area contributed by atoms with Gasteiger partial charge in [-0.3, -0.25) is 5.10 Å². The smallest absolute Gasteiger partial charge is 0.101 e. The van der Waals surface area contributed by atoms with Crippen molar-refractivity contribution in [2.24, 2.45) is 5.16 Å². The van der Waals surface area contributed by atoms with Crippen molar-refractivity contribution in [3.63, 3.8) is 0 Å². The van der Waals surface area contributed by atoms with Crippen LogP contribution in [0.5, 0.6) is 0 Å². The van der Waals surface area contributed by atoms with Gasteiger partial charge in [-0.05, 0) is 13.0 Å². The summed E-state index contributed by atoms with van der Waals surface area (Å²) in [6, 6.07) is 1.73. The second-order valence-electron chi connectivity index (χ2n) is 1.66. The van der Waals surface area contributed by atoms with Crippen LogP contribution < -0.4 is 0 Å². The van der Waals surface area contributed by atoms with Gasteiger partial charge in [0.2, 0.25) is 0 Å². The number of H-pyrrole nitrogens is 1. The molecule has 0 bridgehead atoms. The molecule has 0 spiro atoms. The summed E-state index contributed by atoms with van der Waals surface area (Å²) in [6.07, 6.45) is 1.60. The first-order chi connectivity index (χ1) is 4.34. The average Bonchev–Trinajstić information content (AvgIpc) is 2.37. The highest BCUT2D eigenvalue weighted by Crippen LogP contribution is 1.92. The number of hydrogen-bond acceptors (Lipinski definition) is 3. The highest BCUT2D eigenvalue weighted by atomic mass is 16.4. The van der Waals surface area contributed by atoms with E-state index >= 15 is 0 Å². The molecule has 0 aliphatic heterocycles. The lowest BCUT2D eigenvalue weighted by Crippen LogP contribution is -1.93. The van der Waals surface area contributed by atoms with E-state index in [1.54, 1.807) is 19.2 Å². The van der Waals surface area contributed by atoms with Gasteiger partial charge in [-0.2, -0.15) is 5.10 Å². The Kier molecular flexibility index (Phi) is 1.48. The van der Waals surface area contributed by atoms with Gasteiger partial charge < -0.3 is 5.21 Å². The molecule has 48 valence electrons. The van der Waals surface area contributed by atoms with Gasteiger partial charge in [-0.1, -0.05) is 5.16 Å². The fourth-order valence-electron chi connectivity index (χ4n) is 0.511. The highest BCUT2D eigenvalue weighted by molar-refractivity contribution is 5.96. The van der Waals surface area contributed by atoms with E-state index in [1.165, 1.54) is 0 Å². The molecule has 0 aliphatic rings. The SMILES string of the molecule is C/C(=N\O)c1ccn[nH]1. The summed E-state index contributed by atoms with van der Waals surface area (Å²) in [5, 5.41) is 17.5. The van der Waals surface area contributed by atoms with Crippen LogP contribution in [-0.2, 0) is 0 Å². The topological polar surface area (TPSA) is 61.3 Å². The molecule has 0 amide bonds. The third-order valence-corrected chi connectivity index (χ3v) is 1.04. The van der Waals surface area contributed by atoms with Crippen LogP contribution in [0.2, 0.25) is 0 Å². The van der Waals surface area contributed by atoms with Gasteiger partial charge in [0.15, 0.2) is 0 Å². The van der Waals surface area contributed by atoms with Crippen molar-refractivity contribution in [3.8, 4) is 0 Å². The van der Waals surface area contributed by atoms with Crippen molar-refractivity contribution < 1.29 is 5.21 Å². The zero-order valence-corrected chi connectivity index (χ0v) is 5.00. The first kappa shape index (κ1) is 5.81. The van der Waals surface area contributed by atoms with Crippen LogP contribution >= 0.6 is 0 Å². The van der Waals surface area contributed by atoms with E-state index in [2.05, 4.69) is 15.4 Å². The van der Waals surface area contributed by atoms with Gasteiger partial charge in [0.1, 0.15) is 5.71 Å². The van der Waals surface area contributed by atoms with E-state index in [1.807, 2.05) is 0 Å². The Morgan fingerprint density at radius 3 is 3.11 bits per heavy atom. The van der Waals surface area contributed by atoms with Gasteiger partial charge >= 0.3 is 0 Å². The number of hydrogen-bond donors (Lipinski definition) is 2. The van der Waals surface area contributed by atoms with Crippen LogP contribution in [0.1, 0.15) is 12.6 Å². The summed E-state index contributed by atoms with van der Waals surface area (Å²) in [5.74, 6) is 0. The second kappa shape index (κ2) is 2.30. The molecule has 1 rings (SSSR count). The number of nitrogens with one attached hydrogen (secondary N) is 1. The van der Waals surface area contributed by atoms with Crippen LogP contribution in [0.25, 0.3) is 0 Å². The molecule has 0 radical (unpaired) electrons. The minimum absolute atomic E-state index is 0.535. The van der Waals surface area contributed by atoms with Crippen molar-refractivity contribution in [1.29, 1.82) is 0 Å². The fraction of sp³-hybridized carbons (Fsp3) is 0.200. The first-order valence-electron chi connectivity index (χ1n) is 2.53. The van der Waals surface area contributed by atoms with E-state index in [0.717, 1.165) is 5.69 Å². The Labute approximate surface area is 52.2 Å². The van der Waals surface area contributed by atoms with E-state index < -0.39 is 0 Å². The molecule has 1 aromatic heterocycles. The summed E-state index contributed by atoms with van der Waals surface area (Å²) in [4.78, 5) is 0. The molecule has 1 heterocycles. The summed E-state index contributed by atoms with van der Waals surface area (Å²) >= 11 is 0. The summed E-state index contributed by atoms with van der Waals surface area (Å²) in [7, 11) is 0. The number of oxime groups is 1. The van der Waals surface area contributed by atoms with E-state index in [-0.39, 0.29) is 0 Å². The van der Waals surface area contributed by atoms with E-state index in [4.69, 9.17) is 5.21 Å². The molecule has 9 heavy (non-hydrogen) atoms. The minimum Gasteiger partial charge on any atom is -0.411 e. The average molecular weight is 125 g/mol. The summed E-state index contributed by atoms with van der Waals surface area (Å²) < 4.78 is 0. The quantitative estimate of drug-likeness (QED) is 0.328. The molecule has 0 saturated heterocycles. The van der Waals surface area contributed by atoms with Gasteiger partial charge in [0.05, 0.1) is 5.69 Å².